The van der Waals surface area contributed by atoms with Crippen LogP contribution in [-0.2, 0) is 6.54 Å². The van der Waals surface area contributed by atoms with E-state index in [4.69, 9.17) is 4.98 Å². The smallest absolute Gasteiger partial charge is 0.261 e. The summed E-state index contributed by atoms with van der Waals surface area (Å²) in [4.78, 5) is 20.1. The largest absolute Gasteiger partial charge is 0.291 e. The summed E-state index contributed by atoms with van der Waals surface area (Å²) < 4.78 is 1.88. The van der Waals surface area contributed by atoms with Crippen molar-refractivity contribution in [1.82, 2.24) is 14.5 Å². The average Bonchev–Trinajstić information content (AvgIpc) is 2.60. The molecule has 4 heteroatoms. The molecule has 1 aliphatic heterocycles. The summed E-state index contributed by atoms with van der Waals surface area (Å²) >= 11 is 0. The Morgan fingerprint density at radius 1 is 1.04 bits per heavy atom. The molecular weight excluding hydrogens is 298 g/mol. The average molecular weight is 319 g/mol. The van der Waals surface area contributed by atoms with Crippen LogP contribution in [-0.4, -0.2) is 21.0 Å². The maximum absolute atomic E-state index is 12.9. The molecule has 2 aromatic carbocycles. The van der Waals surface area contributed by atoms with Gasteiger partial charge < -0.3 is 0 Å². The molecule has 4 rings (SSSR count). The van der Waals surface area contributed by atoms with Gasteiger partial charge in [0, 0.05) is 19.1 Å². The fourth-order valence-corrected chi connectivity index (χ4v) is 3.65. The minimum Gasteiger partial charge on any atom is -0.291 e. The van der Waals surface area contributed by atoms with Gasteiger partial charge in [0.15, 0.2) is 0 Å². The molecule has 122 valence electrons. The number of fused-ring (bicyclic) bond motifs is 2. The molecule has 1 aliphatic rings. The number of rotatable bonds is 2. The van der Waals surface area contributed by atoms with Gasteiger partial charge in [0.25, 0.3) is 5.56 Å². The molecule has 0 bridgehead atoms. The van der Waals surface area contributed by atoms with Gasteiger partial charge in [-0.3, -0.25) is 14.3 Å². The van der Waals surface area contributed by atoms with Crippen LogP contribution in [0.4, 0.5) is 0 Å². The van der Waals surface area contributed by atoms with E-state index >= 15 is 0 Å². The lowest BCUT2D eigenvalue weighted by Gasteiger charge is -2.38. The van der Waals surface area contributed by atoms with Crippen molar-refractivity contribution in [3.05, 3.63) is 76.3 Å². The van der Waals surface area contributed by atoms with Crippen LogP contribution >= 0.6 is 0 Å². The third-order valence-electron chi connectivity index (χ3n) is 4.92. The molecule has 24 heavy (non-hydrogen) atoms. The summed E-state index contributed by atoms with van der Waals surface area (Å²) in [6, 6.07) is 18.3. The predicted molar refractivity (Wildman–Crippen MR) is 96.0 cm³/mol. The van der Waals surface area contributed by atoms with Crippen molar-refractivity contribution >= 4 is 10.9 Å². The van der Waals surface area contributed by atoms with Crippen LogP contribution in [0, 0.1) is 0 Å². The van der Waals surface area contributed by atoms with E-state index in [1.165, 1.54) is 5.56 Å². The maximum atomic E-state index is 12.9. The summed E-state index contributed by atoms with van der Waals surface area (Å²) in [6.07, 6.45) is 0. The Labute approximate surface area is 141 Å². The van der Waals surface area contributed by atoms with Crippen molar-refractivity contribution in [2.24, 2.45) is 0 Å². The minimum absolute atomic E-state index is 0.0781. The van der Waals surface area contributed by atoms with E-state index in [9.17, 15) is 4.79 Å². The highest BCUT2D eigenvalue weighted by Crippen LogP contribution is 2.29. The van der Waals surface area contributed by atoms with E-state index in [1.807, 2.05) is 34.9 Å². The van der Waals surface area contributed by atoms with Gasteiger partial charge in [-0.15, -0.1) is 0 Å². The molecule has 3 aromatic rings. The highest BCUT2D eigenvalue weighted by Gasteiger charge is 2.30. The van der Waals surface area contributed by atoms with Crippen LogP contribution in [0.1, 0.15) is 37.3 Å². The van der Waals surface area contributed by atoms with Gasteiger partial charge in [-0.2, -0.15) is 0 Å². The van der Waals surface area contributed by atoms with Crippen LogP contribution in [0.3, 0.4) is 0 Å². The van der Waals surface area contributed by atoms with Gasteiger partial charge in [0.05, 0.1) is 16.9 Å². The number of para-hydroxylation sites is 1. The van der Waals surface area contributed by atoms with Gasteiger partial charge in [-0.1, -0.05) is 42.5 Å². The molecule has 0 amide bonds. The Hall–Kier alpha value is -2.46. The topological polar surface area (TPSA) is 38.1 Å². The number of hydrogen-bond donors (Lipinski definition) is 0. The zero-order valence-corrected chi connectivity index (χ0v) is 14.0. The summed E-state index contributed by atoms with van der Waals surface area (Å²) in [5.41, 5.74) is 2.15. The maximum Gasteiger partial charge on any atom is 0.261 e. The number of hydrogen-bond acceptors (Lipinski definition) is 3. The quantitative estimate of drug-likeness (QED) is 0.725. The zero-order chi connectivity index (χ0) is 16.7. The fraction of sp³-hybridized carbons (Fsp3) is 0.300. The first-order valence-corrected chi connectivity index (χ1v) is 8.44. The second kappa shape index (κ2) is 5.87. The third kappa shape index (κ3) is 2.43. The van der Waals surface area contributed by atoms with Crippen molar-refractivity contribution in [3.63, 3.8) is 0 Å². The van der Waals surface area contributed by atoms with Crippen LogP contribution in [0.25, 0.3) is 10.9 Å². The lowest BCUT2D eigenvalue weighted by atomic mass is 10.1. The van der Waals surface area contributed by atoms with Crippen LogP contribution in [0.15, 0.2) is 59.4 Å². The Kier molecular flexibility index (Phi) is 3.69. The third-order valence-corrected chi connectivity index (χ3v) is 4.92. The van der Waals surface area contributed by atoms with Gasteiger partial charge >= 0.3 is 0 Å². The highest BCUT2D eigenvalue weighted by atomic mass is 16.1. The van der Waals surface area contributed by atoms with Crippen molar-refractivity contribution in [3.8, 4) is 0 Å². The van der Waals surface area contributed by atoms with E-state index < -0.39 is 0 Å². The molecule has 0 radical (unpaired) electrons. The Bertz CT molecular complexity index is 933. The molecule has 0 N–H and O–H groups in total. The number of nitrogens with zero attached hydrogens (tertiary/aromatic N) is 3. The summed E-state index contributed by atoms with van der Waals surface area (Å²) in [5, 5.41) is 0.705. The molecule has 4 nitrogen and oxygen atoms in total. The summed E-state index contributed by atoms with van der Waals surface area (Å²) in [6.45, 7) is 5.96. The number of benzene rings is 2. The summed E-state index contributed by atoms with van der Waals surface area (Å²) in [5.74, 6) is 0.869. The molecular formula is C20H21N3O. The second-order valence-corrected chi connectivity index (χ2v) is 6.60. The zero-order valence-electron chi connectivity index (χ0n) is 14.0. The van der Waals surface area contributed by atoms with Gasteiger partial charge in [-0.05, 0) is 31.5 Å². The van der Waals surface area contributed by atoms with Crippen molar-refractivity contribution in [1.29, 1.82) is 0 Å². The standard InChI is InChI=1S/C20H21N3O/c1-14-12-22(13-16-8-4-3-5-9-16)15(2)19-21-18-11-7-6-10-17(18)20(24)23(14)19/h3-11,14-15H,12-13H2,1-2H3. The molecule has 0 saturated carbocycles. The number of aromatic nitrogens is 2. The molecule has 0 spiro atoms. The first kappa shape index (κ1) is 15.1. The first-order chi connectivity index (χ1) is 11.6. The monoisotopic (exact) mass is 319 g/mol. The first-order valence-electron chi connectivity index (χ1n) is 8.44. The van der Waals surface area contributed by atoms with Gasteiger partial charge in [-0.25, -0.2) is 4.98 Å². The van der Waals surface area contributed by atoms with E-state index in [0.717, 1.165) is 24.4 Å². The Morgan fingerprint density at radius 2 is 1.75 bits per heavy atom. The lowest BCUT2D eigenvalue weighted by molar-refractivity contribution is 0.129. The van der Waals surface area contributed by atoms with Gasteiger partial charge in [0.2, 0.25) is 0 Å². The predicted octanol–water partition coefficient (Wildman–Crippen LogP) is 3.53. The second-order valence-electron chi connectivity index (χ2n) is 6.60. The van der Waals surface area contributed by atoms with E-state index in [0.29, 0.717) is 5.39 Å². The van der Waals surface area contributed by atoms with Crippen LogP contribution < -0.4 is 5.56 Å². The Balaban J connectivity index is 1.79. The molecule has 0 saturated heterocycles. The van der Waals surface area contributed by atoms with Crippen LogP contribution in [0.5, 0.6) is 0 Å². The Morgan fingerprint density at radius 3 is 2.54 bits per heavy atom. The van der Waals surface area contributed by atoms with E-state index in [-0.39, 0.29) is 17.6 Å². The lowest BCUT2D eigenvalue weighted by Crippen LogP contribution is -2.44. The molecule has 1 aromatic heterocycles. The molecule has 2 atom stereocenters. The van der Waals surface area contributed by atoms with Crippen molar-refractivity contribution in [2.75, 3.05) is 6.54 Å². The fourth-order valence-electron chi connectivity index (χ4n) is 3.65. The van der Waals surface area contributed by atoms with E-state index in [1.54, 1.807) is 0 Å². The van der Waals surface area contributed by atoms with Crippen LogP contribution in [0.2, 0.25) is 0 Å². The molecule has 0 fully saturated rings. The molecule has 0 aliphatic carbocycles. The summed E-state index contributed by atoms with van der Waals surface area (Å²) in [7, 11) is 0. The van der Waals surface area contributed by atoms with Crippen molar-refractivity contribution < 1.29 is 0 Å². The molecule has 2 heterocycles. The SMILES string of the molecule is CC1c2nc3ccccc3c(=O)n2C(C)CN1Cc1ccccc1. The minimum atomic E-state index is 0.0781. The van der Waals surface area contributed by atoms with Gasteiger partial charge in [0.1, 0.15) is 5.82 Å². The van der Waals surface area contributed by atoms with E-state index in [2.05, 4.69) is 43.0 Å². The normalized spacial score (nSPS) is 20.9. The molecule has 2 unspecified atom stereocenters. The highest BCUT2D eigenvalue weighted by molar-refractivity contribution is 5.77. The van der Waals surface area contributed by atoms with Crippen molar-refractivity contribution in [2.45, 2.75) is 32.5 Å².